The minimum Gasteiger partial charge on any atom is -0.309 e. The van der Waals surface area contributed by atoms with Crippen molar-refractivity contribution in [2.45, 2.75) is 19.4 Å². The molecule has 54 heavy (non-hydrogen) atoms. The Morgan fingerprint density at radius 3 is 2.15 bits per heavy atom. The predicted molar refractivity (Wildman–Crippen MR) is 229 cm³/mol. The number of allylic oxidation sites excluding steroid dienone is 2. The molecule has 9 rings (SSSR count). The minimum absolute atomic E-state index is 0.498. The van der Waals surface area contributed by atoms with Crippen molar-refractivity contribution in [2.75, 3.05) is 4.90 Å². The molecule has 0 saturated carbocycles. The van der Waals surface area contributed by atoms with E-state index in [4.69, 9.17) is 9.98 Å². The van der Waals surface area contributed by atoms with E-state index in [2.05, 4.69) is 138 Å². The van der Waals surface area contributed by atoms with Gasteiger partial charge in [0.05, 0.1) is 17.9 Å². The zero-order valence-corrected chi connectivity index (χ0v) is 29.9. The molecule has 0 atom stereocenters. The molecule has 0 fully saturated rings. The van der Waals surface area contributed by atoms with Crippen molar-refractivity contribution >= 4 is 58.4 Å². The number of benzene rings is 7. The highest BCUT2D eigenvalue weighted by Gasteiger charge is 2.24. The first-order valence-corrected chi connectivity index (χ1v) is 18.4. The van der Waals surface area contributed by atoms with Gasteiger partial charge in [0.1, 0.15) is 0 Å². The summed E-state index contributed by atoms with van der Waals surface area (Å²) in [5.41, 5.74) is 14.1. The fourth-order valence-corrected chi connectivity index (χ4v) is 7.65. The second-order valence-electron chi connectivity index (χ2n) is 13.6. The van der Waals surface area contributed by atoms with Crippen LogP contribution in [-0.4, -0.2) is 18.4 Å². The van der Waals surface area contributed by atoms with E-state index in [0.717, 1.165) is 46.6 Å². The third-order valence-corrected chi connectivity index (χ3v) is 10.2. The average Bonchev–Trinajstić information content (AvgIpc) is 3.40. The van der Waals surface area contributed by atoms with E-state index in [0.29, 0.717) is 18.2 Å². The van der Waals surface area contributed by atoms with E-state index < -0.39 is 0 Å². The largest absolute Gasteiger partial charge is 0.309 e. The van der Waals surface area contributed by atoms with Crippen LogP contribution in [0.15, 0.2) is 185 Å². The van der Waals surface area contributed by atoms with Crippen LogP contribution in [0, 0.1) is 0 Å². The van der Waals surface area contributed by atoms with E-state index >= 15 is 0 Å². The Hall–Kier alpha value is -6.91. The van der Waals surface area contributed by atoms with Crippen molar-refractivity contribution < 1.29 is 0 Å². The molecule has 2 aliphatic carbocycles. The molecule has 258 valence electrons. The molecular weight excluding hydrogens is 657 g/mol. The Morgan fingerprint density at radius 2 is 1.31 bits per heavy atom. The molecule has 0 amide bonds. The van der Waals surface area contributed by atoms with Gasteiger partial charge in [-0.1, -0.05) is 158 Å². The standard InChI is InChI=1S/C50H38N4/c1-51-49(38-17-6-2-7-18-38)53-50(39-19-8-3-9-20-39)52-34-35-27-30-43-41(31-35)32-40-28-29-42(33-46(40)43)54(48-26-14-22-37-16-11-12-24-45(37)48)47-25-13-21-36-15-5-4-10-23-44(36)47/h2-3,5-31,33H,1,4,32,34H2. The number of hydrogen-bond acceptors (Lipinski definition) is 2. The number of nitrogens with zero attached hydrogens (tertiary/aromatic N) is 4. The summed E-state index contributed by atoms with van der Waals surface area (Å²) in [7, 11) is 0. The lowest BCUT2D eigenvalue weighted by Gasteiger charge is -2.29. The number of fused-ring (bicyclic) bond motifs is 5. The quantitative estimate of drug-likeness (QED) is 0.121. The maximum absolute atomic E-state index is 5.05. The predicted octanol–water partition coefficient (Wildman–Crippen LogP) is 12.4. The van der Waals surface area contributed by atoms with Gasteiger partial charge in [0, 0.05) is 27.8 Å². The molecule has 4 nitrogen and oxygen atoms in total. The van der Waals surface area contributed by atoms with Crippen molar-refractivity contribution in [3.05, 3.63) is 209 Å². The molecule has 0 aromatic heterocycles. The second-order valence-corrected chi connectivity index (χ2v) is 13.6. The summed E-state index contributed by atoms with van der Waals surface area (Å²) in [6.07, 6.45) is 10.8. The van der Waals surface area contributed by atoms with Crippen LogP contribution in [-0.2, 0) is 13.0 Å². The molecule has 7 aromatic rings. The summed E-state index contributed by atoms with van der Waals surface area (Å²) in [5.74, 6) is 1.18. The zero-order chi connectivity index (χ0) is 36.3. The number of amidine groups is 2. The lowest BCUT2D eigenvalue weighted by atomic mass is 9.99. The monoisotopic (exact) mass is 694 g/mol. The van der Waals surface area contributed by atoms with E-state index in [9.17, 15) is 0 Å². The van der Waals surface area contributed by atoms with Crippen LogP contribution in [0.3, 0.4) is 0 Å². The summed E-state index contributed by atoms with van der Waals surface area (Å²) in [6, 6.07) is 55.7. The van der Waals surface area contributed by atoms with Crippen LogP contribution in [0.25, 0.3) is 34.1 Å². The molecule has 2 aliphatic rings. The van der Waals surface area contributed by atoms with Crippen molar-refractivity contribution in [1.29, 1.82) is 0 Å². The highest BCUT2D eigenvalue weighted by molar-refractivity contribution is 6.12. The van der Waals surface area contributed by atoms with Gasteiger partial charge in [-0.15, -0.1) is 0 Å². The van der Waals surface area contributed by atoms with Crippen LogP contribution in [0.5, 0.6) is 0 Å². The van der Waals surface area contributed by atoms with Gasteiger partial charge < -0.3 is 4.90 Å². The summed E-state index contributed by atoms with van der Waals surface area (Å²) in [6.45, 7) is 4.30. The molecule has 0 unspecified atom stereocenters. The first-order valence-electron chi connectivity index (χ1n) is 18.4. The van der Waals surface area contributed by atoms with Gasteiger partial charge in [-0.25, -0.2) is 9.98 Å². The maximum atomic E-state index is 5.05. The first-order chi connectivity index (χ1) is 26.7. The molecule has 0 spiro atoms. The Morgan fingerprint density at radius 1 is 0.593 bits per heavy atom. The van der Waals surface area contributed by atoms with Gasteiger partial charge in [-0.05, 0) is 82.6 Å². The Labute approximate surface area is 316 Å². The van der Waals surface area contributed by atoms with Crippen molar-refractivity contribution in [3.63, 3.8) is 0 Å². The Balaban J connectivity index is 1.10. The number of aliphatic imine (C=N–C) groups is 3. The van der Waals surface area contributed by atoms with E-state index in [1.807, 2.05) is 60.7 Å². The molecule has 0 radical (unpaired) electrons. The van der Waals surface area contributed by atoms with Crippen LogP contribution in [0.2, 0.25) is 0 Å². The third-order valence-electron chi connectivity index (χ3n) is 10.2. The Bertz CT molecular complexity index is 2640. The SMILES string of the molecule is C=NC(=NC(=NCc1ccc2c(c1)Cc1ccc(N(c3cccc4c3C=CCC=C4)c3cccc4ccccc34)cc1-2)c1ccccc1)c1ccccc1. The van der Waals surface area contributed by atoms with Gasteiger partial charge >= 0.3 is 0 Å². The Kier molecular flexibility index (Phi) is 8.92. The smallest absolute Gasteiger partial charge is 0.161 e. The highest BCUT2D eigenvalue weighted by atomic mass is 15.1. The maximum Gasteiger partial charge on any atom is 0.161 e. The van der Waals surface area contributed by atoms with Gasteiger partial charge in [0.15, 0.2) is 11.7 Å². The fraction of sp³-hybridized carbons (Fsp3) is 0.0600. The molecule has 0 bridgehead atoms. The summed E-state index contributed by atoms with van der Waals surface area (Å²) in [4.78, 5) is 16.7. The summed E-state index contributed by atoms with van der Waals surface area (Å²) >= 11 is 0. The summed E-state index contributed by atoms with van der Waals surface area (Å²) < 4.78 is 0. The fourth-order valence-electron chi connectivity index (χ4n) is 7.65. The van der Waals surface area contributed by atoms with Crippen molar-refractivity contribution in [1.82, 2.24) is 0 Å². The van der Waals surface area contributed by atoms with Crippen LogP contribution >= 0.6 is 0 Å². The van der Waals surface area contributed by atoms with Gasteiger partial charge in [0.25, 0.3) is 0 Å². The third kappa shape index (κ3) is 6.39. The topological polar surface area (TPSA) is 40.3 Å². The van der Waals surface area contributed by atoms with Crippen LogP contribution in [0.1, 0.15) is 45.4 Å². The molecule has 0 heterocycles. The molecule has 0 aliphatic heterocycles. The lowest BCUT2D eigenvalue weighted by molar-refractivity contribution is 1.05. The average molecular weight is 695 g/mol. The highest BCUT2D eigenvalue weighted by Crippen LogP contribution is 2.46. The molecule has 0 saturated heterocycles. The zero-order valence-electron chi connectivity index (χ0n) is 29.9. The van der Waals surface area contributed by atoms with Crippen LogP contribution in [0.4, 0.5) is 17.1 Å². The van der Waals surface area contributed by atoms with E-state index in [1.165, 1.54) is 44.2 Å². The first kappa shape index (κ1) is 33.0. The number of hydrogen-bond donors (Lipinski definition) is 0. The van der Waals surface area contributed by atoms with E-state index in [-0.39, 0.29) is 0 Å². The molecule has 0 N–H and O–H groups in total. The minimum atomic E-state index is 0.498. The van der Waals surface area contributed by atoms with Crippen molar-refractivity contribution in [2.24, 2.45) is 15.0 Å². The van der Waals surface area contributed by atoms with E-state index in [1.54, 1.807) is 0 Å². The molecule has 7 aromatic carbocycles. The van der Waals surface area contributed by atoms with Gasteiger partial charge in [0.2, 0.25) is 0 Å². The second kappa shape index (κ2) is 14.6. The normalized spacial score (nSPS) is 13.3. The lowest BCUT2D eigenvalue weighted by Crippen LogP contribution is -2.12. The molecule has 4 heteroatoms. The van der Waals surface area contributed by atoms with Gasteiger partial charge in [-0.2, -0.15) is 0 Å². The number of rotatable bonds is 7. The molecular formula is C50H38N4. The number of anilines is 3. The van der Waals surface area contributed by atoms with Crippen molar-refractivity contribution in [3.8, 4) is 11.1 Å². The summed E-state index contributed by atoms with van der Waals surface area (Å²) in [5, 5.41) is 2.44. The van der Waals surface area contributed by atoms with Crippen LogP contribution < -0.4 is 4.90 Å². The van der Waals surface area contributed by atoms with Gasteiger partial charge in [-0.3, -0.25) is 4.99 Å².